The van der Waals surface area contributed by atoms with Crippen LogP contribution < -0.4 is 5.73 Å². The molecule has 6 heteroatoms. The number of rotatable bonds is 4. The van der Waals surface area contributed by atoms with Crippen molar-refractivity contribution in [3.8, 4) is 0 Å². The Hall–Kier alpha value is -1.75. The third-order valence-corrected chi connectivity index (χ3v) is 3.79. The van der Waals surface area contributed by atoms with Crippen LogP contribution in [0, 0.1) is 5.41 Å². The van der Waals surface area contributed by atoms with E-state index in [2.05, 4.69) is 5.16 Å². The van der Waals surface area contributed by atoms with Crippen LogP contribution in [0.2, 0.25) is 5.02 Å². The van der Waals surface area contributed by atoms with Crippen molar-refractivity contribution < 1.29 is 10.0 Å². The van der Waals surface area contributed by atoms with Gasteiger partial charge in [-0.1, -0.05) is 28.9 Å². The number of amidine groups is 1. The van der Waals surface area contributed by atoms with E-state index in [0.717, 1.165) is 5.56 Å². The van der Waals surface area contributed by atoms with Gasteiger partial charge in [0.2, 0.25) is 5.91 Å². The molecule has 1 atom stereocenters. The predicted octanol–water partition coefficient (Wildman–Crippen LogP) is 2.63. The molecule has 0 aromatic heterocycles. The van der Waals surface area contributed by atoms with Crippen LogP contribution in [0.5, 0.6) is 0 Å². The topological polar surface area (TPSA) is 78.9 Å². The van der Waals surface area contributed by atoms with Gasteiger partial charge in [0, 0.05) is 12.1 Å². The quantitative estimate of drug-likeness (QED) is 0.388. The molecule has 0 aliphatic heterocycles. The summed E-state index contributed by atoms with van der Waals surface area (Å²) < 4.78 is 0. The average molecular weight is 298 g/mol. The van der Waals surface area contributed by atoms with Gasteiger partial charge in [-0.3, -0.25) is 4.79 Å². The predicted molar refractivity (Wildman–Crippen MR) is 79.8 cm³/mol. The minimum atomic E-state index is -1.07. The summed E-state index contributed by atoms with van der Waals surface area (Å²) in [6.07, 6.45) is 0. The van der Waals surface area contributed by atoms with E-state index in [1.165, 1.54) is 0 Å². The fourth-order valence-electron chi connectivity index (χ4n) is 1.82. The molecule has 0 heterocycles. The van der Waals surface area contributed by atoms with E-state index >= 15 is 0 Å². The first-order valence-electron chi connectivity index (χ1n) is 6.22. The lowest BCUT2D eigenvalue weighted by Crippen LogP contribution is -2.47. The van der Waals surface area contributed by atoms with Crippen LogP contribution >= 0.6 is 11.6 Å². The summed E-state index contributed by atoms with van der Waals surface area (Å²) in [4.78, 5) is 14.0. The molecule has 0 aliphatic carbocycles. The second kappa shape index (κ2) is 6.13. The Kier molecular flexibility index (Phi) is 5.00. The van der Waals surface area contributed by atoms with Crippen molar-refractivity contribution in [2.45, 2.75) is 26.8 Å². The average Bonchev–Trinajstić information content (AvgIpc) is 2.44. The van der Waals surface area contributed by atoms with Crippen molar-refractivity contribution in [1.82, 2.24) is 4.90 Å². The highest BCUT2D eigenvalue weighted by atomic mass is 35.5. The van der Waals surface area contributed by atoms with E-state index in [-0.39, 0.29) is 17.8 Å². The molecular weight excluding hydrogens is 278 g/mol. The van der Waals surface area contributed by atoms with Gasteiger partial charge in [-0.15, -0.1) is 0 Å². The van der Waals surface area contributed by atoms with Gasteiger partial charge in [-0.05, 0) is 38.5 Å². The van der Waals surface area contributed by atoms with Crippen LogP contribution in [-0.4, -0.2) is 28.9 Å². The Morgan fingerprint density at radius 1 is 1.40 bits per heavy atom. The largest absolute Gasteiger partial charge is 0.409 e. The van der Waals surface area contributed by atoms with E-state index in [4.69, 9.17) is 22.5 Å². The second-order valence-electron chi connectivity index (χ2n) is 5.25. The van der Waals surface area contributed by atoms with Gasteiger partial charge in [0.25, 0.3) is 0 Å². The van der Waals surface area contributed by atoms with Crippen LogP contribution in [0.3, 0.4) is 0 Å². The number of nitrogens with two attached hydrogens (primary N) is 1. The summed E-state index contributed by atoms with van der Waals surface area (Å²) in [6.45, 7) is 5.15. The van der Waals surface area contributed by atoms with Crippen molar-refractivity contribution >= 4 is 23.3 Å². The molecule has 0 saturated heterocycles. The fraction of sp³-hybridized carbons (Fsp3) is 0.429. The summed E-state index contributed by atoms with van der Waals surface area (Å²) in [5.74, 6) is -0.340. The molecule has 110 valence electrons. The number of nitrogens with zero attached hydrogens (tertiary/aromatic N) is 2. The van der Waals surface area contributed by atoms with Gasteiger partial charge in [0.05, 0.1) is 6.04 Å². The molecule has 1 aromatic carbocycles. The highest BCUT2D eigenvalue weighted by Gasteiger charge is 2.36. The highest BCUT2D eigenvalue weighted by molar-refractivity contribution is 6.30. The van der Waals surface area contributed by atoms with Crippen LogP contribution in [0.25, 0.3) is 0 Å². The summed E-state index contributed by atoms with van der Waals surface area (Å²) in [6, 6.07) is 7.15. The van der Waals surface area contributed by atoms with Gasteiger partial charge in [0.1, 0.15) is 5.41 Å². The van der Waals surface area contributed by atoms with Crippen LogP contribution in [-0.2, 0) is 4.79 Å². The van der Waals surface area contributed by atoms with Gasteiger partial charge in [0.15, 0.2) is 5.84 Å². The van der Waals surface area contributed by atoms with Gasteiger partial charge >= 0.3 is 0 Å². The van der Waals surface area contributed by atoms with E-state index in [1.54, 1.807) is 37.9 Å². The Morgan fingerprint density at radius 2 is 1.90 bits per heavy atom. The summed E-state index contributed by atoms with van der Waals surface area (Å²) in [7, 11) is 1.69. The molecule has 1 amide bonds. The minimum absolute atomic E-state index is 0.113. The molecule has 0 saturated carbocycles. The maximum atomic E-state index is 12.5. The van der Waals surface area contributed by atoms with Crippen molar-refractivity contribution in [2.24, 2.45) is 16.3 Å². The van der Waals surface area contributed by atoms with E-state index in [9.17, 15) is 4.79 Å². The third kappa shape index (κ3) is 3.22. The first-order chi connectivity index (χ1) is 9.21. The van der Waals surface area contributed by atoms with Crippen molar-refractivity contribution in [3.05, 3.63) is 34.9 Å². The zero-order chi connectivity index (χ0) is 15.5. The van der Waals surface area contributed by atoms with Crippen molar-refractivity contribution in [2.75, 3.05) is 7.05 Å². The molecular formula is C14H20ClN3O2. The maximum Gasteiger partial charge on any atom is 0.236 e. The van der Waals surface area contributed by atoms with Gasteiger partial charge < -0.3 is 15.8 Å². The number of halogens is 1. The minimum Gasteiger partial charge on any atom is -0.409 e. The van der Waals surface area contributed by atoms with Gasteiger partial charge in [-0.25, -0.2) is 0 Å². The number of amides is 1. The lowest BCUT2D eigenvalue weighted by Gasteiger charge is -2.32. The third-order valence-electron chi connectivity index (χ3n) is 3.54. The van der Waals surface area contributed by atoms with Crippen LogP contribution in [0.15, 0.2) is 29.4 Å². The van der Waals surface area contributed by atoms with Crippen LogP contribution in [0.1, 0.15) is 32.4 Å². The second-order valence-corrected chi connectivity index (χ2v) is 5.69. The SMILES string of the molecule is CC(c1ccc(Cl)cc1)N(C)C(=O)C(C)(C)C(N)=NO. The molecule has 0 bridgehead atoms. The summed E-state index contributed by atoms with van der Waals surface area (Å²) in [5.41, 5.74) is 5.48. The fourth-order valence-corrected chi connectivity index (χ4v) is 1.94. The molecule has 5 nitrogen and oxygen atoms in total. The van der Waals surface area contributed by atoms with E-state index in [0.29, 0.717) is 5.02 Å². The molecule has 0 aliphatic rings. The zero-order valence-electron chi connectivity index (χ0n) is 12.1. The maximum absolute atomic E-state index is 12.5. The van der Waals surface area contributed by atoms with Crippen molar-refractivity contribution in [3.63, 3.8) is 0 Å². The lowest BCUT2D eigenvalue weighted by molar-refractivity contribution is -0.137. The van der Waals surface area contributed by atoms with Crippen LogP contribution in [0.4, 0.5) is 0 Å². The number of hydrogen-bond donors (Lipinski definition) is 2. The summed E-state index contributed by atoms with van der Waals surface area (Å²) in [5, 5.41) is 12.3. The Bertz CT molecular complexity index is 512. The molecule has 0 radical (unpaired) electrons. The molecule has 1 aromatic rings. The lowest BCUT2D eigenvalue weighted by atomic mass is 9.89. The number of benzene rings is 1. The summed E-state index contributed by atoms with van der Waals surface area (Å²) >= 11 is 5.85. The van der Waals surface area contributed by atoms with Gasteiger partial charge in [-0.2, -0.15) is 0 Å². The Morgan fingerprint density at radius 3 is 2.35 bits per heavy atom. The molecule has 0 fully saturated rings. The Balaban J connectivity index is 2.97. The number of carbonyl (C=O) groups excluding carboxylic acids is 1. The Labute approximate surface area is 124 Å². The number of oxime groups is 1. The molecule has 1 unspecified atom stereocenters. The van der Waals surface area contributed by atoms with Crippen molar-refractivity contribution in [1.29, 1.82) is 0 Å². The normalized spacial score (nSPS) is 13.9. The zero-order valence-corrected chi connectivity index (χ0v) is 12.8. The molecule has 1 rings (SSSR count). The standard InChI is InChI=1S/C14H20ClN3O2/c1-9(10-5-7-11(15)8-6-10)18(4)13(19)14(2,3)12(16)17-20/h5-9,20H,1-4H3,(H2,16,17). The molecule has 0 spiro atoms. The molecule has 20 heavy (non-hydrogen) atoms. The number of hydrogen-bond acceptors (Lipinski definition) is 3. The first kappa shape index (κ1) is 16.3. The smallest absolute Gasteiger partial charge is 0.236 e. The first-order valence-corrected chi connectivity index (χ1v) is 6.60. The monoisotopic (exact) mass is 297 g/mol. The molecule has 3 N–H and O–H groups in total. The van der Waals surface area contributed by atoms with E-state index in [1.807, 2.05) is 19.1 Å². The highest BCUT2D eigenvalue weighted by Crippen LogP contribution is 2.26. The number of carbonyl (C=O) groups is 1. The van der Waals surface area contributed by atoms with E-state index < -0.39 is 5.41 Å².